The fourth-order valence-corrected chi connectivity index (χ4v) is 5.22. The van der Waals surface area contributed by atoms with E-state index in [1.54, 1.807) is 6.92 Å². The number of hydrogen-bond acceptors (Lipinski definition) is 7. The molecule has 0 saturated carbocycles. The molecule has 0 unspecified atom stereocenters. The molecule has 0 aliphatic carbocycles. The minimum atomic E-state index is -3.96. The Hall–Kier alpha value is -1.58. The van der Waals surface area contributed by atoms with Gasteiger partial charge in [-0.25, -0.2) is 13.2 Å². The van der Waals surface area contributed by atoms with Gasteiger partial charge < -0.3 is 9.26 Å². The van der Waals surface area contributed by atoms with Crippen molar-refractivity contribution in [3.63, 3.8) is 0 Å². The second-order valence-corrected chi connectivity index (χ2v) is 8.69. The zero-order valence-corrected chi connectivity index (χ0v) is 16.1. The van der Waals surface area contributed by atoms with E-state index in [1.165, 1.54) is 14.0 Å². The lowest BCUT2D eigenvalue weighted by molar-refractivity contribution is 0.0606. The molecule has 0 amide bonds. The number of carbonyl (C=O) groups is 1. The topological polar surface area (TPSA) is 98.5 Å². The van der Waals surface area contributed by atoms with E-state index in [0.717, 1.165) is 11.3 Å². The van der Waals surface area contributed by atoms with Crippen LogP contribution in [0.3, 0.4) is 0 Å². The Morgan fingerprint density at radius 1 is 1.38 bits per heavy atom. The fourth-order valence-electron chi connectivity index (χ4n) is 2.04. The predicted molar refractivity (Wildman–Crippen MR) is 91.5 cm³/mol. The number of thiophene rings is 1. The number of methoxy groups -OCH3 is 1. The molecule has 0 saturated heterocycles. The molecular weight excluding hydrogens is 376 g/mol. The van der Waals surface area contributed by atoms with Gasteiger partial charge in [0.25, 0.3) is 10.0 Å². The monoisotopic (exact) mass is 392 g/mol. The number of hydrogen-bond donors (Lipinski definition) is 1. The molecule has 0 spiro atoms. The third-order valence-electron chi connectivity index (χ3n) is 3.29. The van der Waals surface area contributed by atoms with Gasteiger partial charge in [0.2, 0.25) is 0 Å². The van der Waals surface area contributed by atoms with Crippen molar-refractivity contribution in [2.75, 3.05) is 11.8 Å². The Kier molecular flexibility index (Phi) is 5.26. The molecule has 24 heavy (non-hydrogen) atoms. The van der Waals surface area contributed by atoms with Crippen molar-refractivity contribution in [1.82, 2.24) is 5.16 Å². The van der Waals surface area contributed by atoms with Crippen LogP contribution in [0.15, 0.2) is 8.73 Å². The first kappa shape index (κ1) is 18.8. The van der Waals surface area contributed by atoms with Crippen molar-refractivity contribution in [3.8, 4) is 0 Å². The predicted octanol–water partition coefficient (Wildman–Crippen LogP) is 3.72. The molecule has 2 rings (SSSR count). The normalized spacial score (nSPS) is 11.8. The van der Waals surface area contributed by atoms with Crippen LogP contribution in [0.5, 0.6) is 0 Å². The van der Waals surface area contributed by atoms with Gasteiger partial charge in [0.1, 0.15) is 20.5 Å². The van der Waals surface area contributed by atoms with Crippen molar-refractivity contribution in [3.05, 3.63) is 26.9 Å². The van der Waals surface area contributed by atoms with Crippen LogP contribution in [0.2, 0.25) is 5.02 Å². The maximum Gasteiger partial charge on any atom is 0.349 e. The average Bonchev–Trinajstić information content (AvgIpc) is 3.00. The third-order valence-corrected chi connectivity index (χ3v) is 7.12. The zero-order valence-electron chi connectivity index (χ0n) is 13.8. The molecule has 0 fully saturated rings. The van der Waals surface area contributed by atoms with Gasteiger partial charge >= 0.3 is 5.97 Å². The summed E-state index contributed by atoms with van der Waals surface area (Å²) in [6.07, 6.45) is 0. The number of nitrogens with one attached hydrogen (secondary N) is 1. The first-order valence-corrected chi connectivity index (χ1v) is 9.64. The number of aryl methyl sites for hydroxylation is 1. The van der Waals surface area contributed by atoms with E-state index in [1.807, 2.05) is 13.8 Å². The molecule has 0 aromatic carbocycles. The quantitative estimate of drug-likeness (QED) is 0.778. The molecule has 10 heteroatoms. The molecule has 0 aliphatic heterocycles. The number of esters is 1. The first-order valence-electron chi connectivity index (χ1n) is 6.96. The van der Waals surface area contributed by atoms with Crippen molar-refractivity contribution in [2.45, 2.75) is 37.8 Å². The molecule has 0 radical (unpaired) electrons. The number of aromatic nitrogens is 1. The maximum atomic E-state index is 12.7. The minimum absolute atomic E-state index is 0.0446. The Labute approximate surface area is 149 Å². The van der Waals surface area contributed by atoms with Gasteiger partial charge in [-0.3, -0.25) is 4.72 Å². The summed E-state index contributed by atoms with van der Waals surface area (Å²) in [6.45, 7) is 6.89. The van der Waals surface area contributed by atoms with E-state index in [2.05, 4.69) is 14.6 Å². The largest absolute Gasteiger partial charge is 0.465 e. The number of sulfonamides is 1. The Morgan fingerprint density at radius 3 is 2.54 bits per heavy atom. The highest BCUT2D eigenvalue weighted by atomic mass is 35.5. The fraction of sp³-hybridized carbons (Fsp3) is 0.429. The highest BCUT2D eigenvalue weighted by Gasteiger charge is 2.29. The van der Waals surface area contributed by atoms with E-state index < -0.39 is 16.0 Å². The smallest absolute Gasteiger partial charge is 0.349 e. The average molecular weight is 393 g/mol. The molecule has 2 aromatic heterocycles. The summed E-state index contributed by atoms with van der Waals surface area (Å²) in [5.74, 6) is -0.300. The molecule has 1 N–H and O–H groups in total. The first-order chi connectivity index (χ1) is 11.1. The molecule has 0 aliphatic rings. The van der Waals surface area contributed by atoms with Crippen LogP contribution in [0.25, 0.3) is 0 Å². The number of carbonyl (C=O) groups excluding carboxylic acids is 1. The van der Waals surface area contributed by atoms with Crippen molar-refractivity contribution < 1.29 is 22.5 Å². The molecule has 2 heterocycles. The van der Waals surface area contributed by atoms with Gasteiger partial charge in [0.05, 0.1) is 12.1 Å². The third kappa shape index (κ3) is 3.28. The summed E-state index contributed by atoms with van der Waals surface area (Å²) in [5, 5.41) is 3.87. The number of rotatable bonds is 5. The summed E-state index contributed by atoms with van der Waals surface area (Å²) < 4.78 is 37.7. The number of nitrogens with zero attached hydrogens (tertiary/aromatic N) is 1. The highest BCUT2D eigenvalue weighted by Crippen LogP contribution is 2.38. The Bertz CT molecular complexity index is 883. The maximum absolute atomic E-state index is 12.7. The van der Waals surface area contributed by atoms with Crippen LogP contribution in [-0.4, -0.2) is 26.7 Å². The van der Waals surface area contributed by atoms with Gasteiger partial charge in [-0.05, 0) is 13.8 Å². The van der Waals surface area contributed by atoms with Gasteiger partial charge in [0.15, 0.2) is 5.76 Å². The SMILES string of the molecule is COC(=O)c1sc(S(=O)(=O)Nc2c(C)noc2C(C)C)c(C)c1Cl. The van der Waals surface area contributed by atoms with Crippen molar-refractivity contribution >= 4 is 44.6 Å². The van der Waals surface area contributed by atoms with Crippen LogP contribution in [0, 0.1) is 13.8 Å². The van der Waals surface area contributed by atoms with Crippen molar-refractivity contribution in [1.29, 1.82) is 0 Å². The van der Waals surface area contributed by atoms with E-state index in [-0.39, 0.29) is 25.6 Å². The van der Waals surface area contributed by atoms with E-state index >= 15 is 0 Å². The van der Waals surface area contributed by atoms with Gasteiger partial charge in [0, 0.05) is 11.5 Å². The Balaban J connectivity index is 2.50. The van der Waals surface area contributed by atoms with E-state index in [9.17, 15) is 13.2 Å². The lowest BCUT2D eigenvalue weighted by Gasteiger charge is -2.09. The van der Waals surface area contributed by atoms with E-state index in [0.29, 0.717) is 17.1 Å². The van der Waals surface area contributed by atoms with Crippen molar-refractivity contribution in [2.24, 2.45) is 0 Å². The molecule has 132 valence electrons. The van der Waals surface area contributed by atoms with Gasteiger partial charge in [-0.2, -0.15) is 0 Å². The number of ether oxygens (including phenoxy) is 1. The van der Waals surface area contributed by atoms with Gasteiger partial charge in [-0.15, -0.1) is 11.3 Å². The lowest BCUT2D eigenvalue weighted by Crippen LogP contribution is -2.14. The molecule has 0 atom stereocenters. The highest BCUT2D eigenvalue weighted by molar-refractivity contribution is 7.94. The summed E-state index contributed by atoms with van der Waals surface area (Å²) >= 11 is 6.83. The summed E-state index contributed by atoms with van der Waals surface area (Å²) in [7, 11) is -2.76. The summed E-state index contributed by atoms with van der Waals surface area (Å²) in [4.78, 5) is 11.7. The molecular formula is C14H17ClN2O5S2. The minimum Gasteiger partial charge on any atom is -0.465 e. The Morgan fingerprint density at radius 2 is 2.00 bits per heavy atom. The van der Waals surface area contributed by atoms with Crippen LogP contribution in [0.4, 0.5) is 5.69 Å². The molecule has 2 aromatic rings. The standard InChI is InChI=1S/C14H17ClN2O5S2/c1-6(2)11-10(8(4)16-22-11)17-24(19,20)14-7(3)9(15)12(23-14)13(18)21-5/h6,17H,1-5H3. The number of halogens is 1. The second-order valence-electron chi connectivity index (χ2n) is 5.42. The summed E-state index contributed by atoms with van der Waals surface area (Å²) in [5.41, 5.74) is 1.01. The zero-order chi connectivity index (χ0) is 18.2. The van der Waals surface area contributed by atoms with Crippen LogP contribution in [-0.2, 0) is 14.8 Å². The van der Waals surface area contributed by atoms with E-state index in [4.69, 9.17) is 16.1 Å². The number of anilines is 1. The van der Waals surface area contributed by atoms with Crippen LogP contribution >= 0.6 is 22.9 Å². The van der Waals surface area contributed by atoms with Crippen LogP contribution in [0.1, 0.15) is 46.5 Å². The lowest BCUT2D eigenvalue weighted by atomic mass is 10.1. The summed E-state index contributed by atoms with van der Waals surface area (Å²) in [6, 6.07) is 0. The van der Waals surface area contributed by atoms with Gasteiger partial charge in [-0.1, -0.05) is 30.6 Å². The van der Waals surface area contributed by atoms with Crippen LogP contribution < -0.4 is 4.72 Å². The second kappa shape index (κ2) is 6.73. The molecule has 0 bridgehead atoms. The molecule has 7 nitrogen and oxygen atoms in total.